The lowest BCUT2D eigenvalue weighted by atomic mass is 10.2. The molecule has 0 radical (unpaired) electrons. The van der Waals surface area contributed by atoms with Gasteiger partial charge in [0.2, 0.25) is 5.91 Å². The number of amides is 1. The van der Waals surface area contributed by atoms with Gasteiger partial charge in [0.15, 0.2) is 11.5 Å². The number of hydrogen-bond acceptors (Lipinski definition) is 4. The number of rotatable bonds is 8. The van der Waals surface area contributed by atoms with E-state index in [2.05, 4.69) is 11.9 Å². The van der Waals surface area contributed by atoms with Gasteiger partial charge in [-0.1, -0.05) is 12.6 Å². The monoisotopic (exact) mass is 353 g/mol. The summed E-state index contributed by atoms with van der Waals surface area (Å²) in [5, 5.41) is 2.80. The Morgan fingerprint density at radius 3 is 2.38 bits per heavy atom. The highest BCUT2D eigenvalue weighted by molar-refractivity contribution is 6.01. The summed E-state index contributed by atoms with van der Waals surface area (Å²) in [6, 6.07) is 12.6. The molecule has 0 spiro atoms. The summed E-state index contributed by atoms with van der Waals surface area (Å²) in [6.07, 6.45) is 3.17. The molecule has 0 aliphatic carbocycles. The molecule has 136 valence electrons. The largest absolute Gasteiger partial charge is 0.493 e. The Labute approximate surface area is 153 Å². The minimum atomic E-state index is -0.226. The predicted molar refractivity (Wildman–Crippen MR) is 104 cm³/mol. The minimum Gasteiger partial charge on any atom is -0.493 e. The molecule has 2 aromatic carbocycles. The van der Waals surface area contributed by atoms with Crippen molar-refractivity contribution >= 4 is 17.7 Å². The van der Waals surface area contributed by atoms with Gasteiger partial charge in [0.1, 0.15) is 12.4 Å². The summed E-state index contributed by atoms with van der Waals surface area (Å²) in [4.78, 5) is 12.1. The van der Waals surface area contributed by atoms with Gasteiger partial charge in [-0.3, -0.25) is 4.79 Å². The predicted octanol–water partition coefficient (Wildman–Crippen LogP) is 4.31. The number of carbonyl (C=O) groups excluding carboxylic acids is 1. The molecule has 0 atom stereocenters. The number of benzene rings is 2. The minimum absolute atomic E-state index is 0.226. The Morgan fingerprint density at radius 2 is 1.77 bits per heavy atom. The Balaban J connectivity index is 1.95. The fourth-order valence-corrected chi connectivity index (χ4v) is 2.15. The second kappa shape index (κ2) is 9.32. The van der Waals surface area contributed by atoms with Crippen molar-refractivity contribution in [2.45, 2.75) is 6.92 Å². The van der Waals surface area contributed by atoms with E-state index in [4.69, 9.17) is 14.2 Å². The quantitative estimate of drug-likeness (QED) is 0.567. The first-order valence-corrected chi connectivity index (χ1v) is 8.10. The third-order valence-corrected chi connectivity index (χ3v) is 3.44. The van der Waals surface area contributed by atoms with Crippen molar-refractivity contribution in [1.29, 1.82) is 0 Å². The van der Waals surface area contributed by atoms with Gasteiger partial charge in [-0.2, -0.15) is 0 Å². The number of ether oxygens (including phenoxy) is 3. The van der Waals surface area contributed by atoms with E-state index < -0.39 is 0 Å². The van der Waals surface area contributed by atoms with Gasteiger partial charge in [0.25, 0.3) is 0 Å². The van der Waals surface area contributed by atoms with Gasteiger partial charge in [0.05, 0.1) is 14.2 Å². The lowest BCUT2D eigenvalue weighted by molar-refractivity contribution is -0.111. The fraction of sp³-hybridized carbons (Fsp3) is 0.190. The Morgan fingerprint density at radius 1 is 1.08 bits per heavy atom. The van der Waals surface area contributed by atoms with Gasteiger partial charge < -0.3 is 19.5 Å². The molecule has 0 saturated carbocycles. The highest BCUT2D eigenvalue weighted by Crippen LogP contribution is 2.28. The number of hydrogen-bond donors (Lipinski definition) is 1. The molecule has 0 saturated heterocycles. The fourth-order valence-electron chi connectivity index (χ4n) is 2.15. The molecular weight excluding hydrogens is 330 g/mol. The highest BCUT2D eigenvalue weighted by Gasteiger charge is 2.04. The molecule has 0 aliphatic rings. The van der Waals surface area contributed by atoms with E-state index >= 15 is 0 Å². The van der Waals surface area contributed by atoms with Crippen molar-refractivity contribution in [2.24, 2.45) is 0 Å². The molecule has 5 heteroatoms. The van der Waals surface area contributed by atoms with Crippen LogP contribution in [0.3, 0.4) is 0 Å². The van der Waals surface area contributed by atoms with Crippen LogP contribution in [0.1, 0.15) is 12.5 Å². The van der Waals surface area contributed by atoms with Crippen LogP contribution in [0.25, 0.3) is 6.08 Å². The van der Waals surface area contributed by atoms with Crippen molar-refractivity contribution in [3.8, 4) is 17.2 Å². The van der Waals surface area contributed by atoms with Crippen LogP contribution >= 0.6 is 0 Å². The first-order valence-electron chi connectivity index (χ1n) is 8.10. The van der Waals surface area contributed by atoms with Gasteiger partial charge in [-0.25, -0.2) is 0 Å². The van der Waals surface area contributed by atoms with Crippen molar-refractivity contribution in [1.82, 2.24) is 0 Å². The van der Waals surface area contributed by atoms with Crippen molar-refractivity contribution in [3.63, 3.8) is 0 Å². The molecule has 0 aliphatic heterocycles. The molecule has 2 aromatic rings. The molecular formula is C21H23NO4. The zero-order valence-corrected chi connectivity index (χ0v) is 15.2. The normalized spacial score (nSPS) is 10.4. The van der Waals surface area contributed by atoms with Crippen molar-refractivity contribution in [2.75, 3.05) is 26.1 Å². The summed E-state index contributed by atoms with van der Waals surface area (Å²) >= 11 is 0. The Bertz CT molecular complexity index is 794. The zero-order valence-electron chi connectivity index (χ0n) is 15.2. The summed E-state index contributed by atoms with van der Waals surface area (Å²) < 4.78 is 16.0. The molecule has 0 bridgehead atoms. The number of carbonyl (C=O) groups is 1. The topological polar surface area (TPSA) is 56.8 Å². The Kier molecular flexibility index (Phi) is 6.85. The molecule has 0 unspecified atom stereocenters. The van der Waals surface area contributed by atoms with E-state index in [1.165, 1.54) is 6.08 Å². The van der Waals surface area contributed by atoms with Crippen LogP contribution < -0.4 is 19.5 Å². The van der Waals surface area contributed by atoms with Crippen molar-refractivity contribution in [3.05, 3.63) is 66.3 Å². The molecule has 1 N–H and O–H groups in total. The number of anilines is 1. The maximum absolute atomic E-state index is 12.1. The van der Waals surface area contributed by atoms with Crippen LogP contribution in [0.5, 0.6) is 17.2 Å². The molecule has 0 heterocycles. The number of nitrogens with one attached hydrogen (secondary N) is 1. The first kappa shape index (κ1) is 19.1. The zero-order chi connectivity index (χ0) is 18.9. The standard InChI is InChI=1S/C21H23NO4/c1-15(2)14-26-18-9-7-17(8-10-18)22-21(23)12-6-16-5-11-19(24-3)20(13-16)25-4/h5-13H,1,14H2,2-4H3,(H,22,23)/b12-6+. The van der Waals surface area contributed by atoms with Crippen LogP contribution in [-0.4, -0.2) is 26.7 Å². The maximum atomic E-state index is 12.1. The van der Waals surface area contributed by atoms with Crippen LogP contribution in [0.2, 0.25) is 0 Å². The summed E-state index contributed by atoms with van der Waals surface area (Å²) in [7, 11) is 3.15. The molecule has 0 aromatic heterocycles. The summed E-state index contributed by atoms with van der Waals surface area (Å²) in [6.45, 7) is 6.16. The third-order valence-electron chi connectivity index (χ3n) is 3.44. The molecule has 2 rings (SSSR count). The van der Waals surface area contributed by atoms with E-state index in [-0.39, 0.29) is 5.91 Å². The van der Waals surface area contributed by atoms with Crippen molar-refractivity contribution < 1.29 is 19.0 Å². The van der Waals surface area contributed by atoms with Crippen LogP contribution in [-0.2, 0) is 4.79 Å². The van der Waals surface area contributed by atoms with Crippen LogP contribution in [0, 0.1) is 0 Å². The second-order valence-corrected chi connectivity index (χ2v) is 5.71. The first-order chi connectivity index (χ1) is 12.5. The van der Waals surface area contributed by atoms with E-state index in [0.29, 0.717) is 23.8 Å². The maximum Gasteiger partial charge on any atom is 0.248 e. The van der Waals surface area contributed by atoms with Crippen LogP contribution in [0.4, 0.5) is 5.69 Å². The molecule has 0 fully saturated rings. The van der Waals surface area contributed by atoms with Gasteiger partial charge in [-0.05, 0) is 60.5 Å². The second-order valence-electron chi connectivity index (χ2n) is 5.71. The summed E-state index contributed by atoms with van der Waals surface area (Å²) in [5.41, 5.74) is 2.47. The molecule has 1 amide bonds. The number of methoxy groups -OCH3 is 2. The average Bonchev–Trinajstić information content (AvgIpc) is 2.65. The van der Waals surface area contributed by atoms with Gasteiger partial charge in [-0.15, -0.1) is 0 Å². The lowest BCUT2D eigenvalue weighted by Crippen LogP contribution is -2.07. The third kappa shape index (κ3) is 5.70. The lowest BCUT2D eigenvalue weighted by Gasteiger charge is -2.08. The van der Waals surface area contributed by atoms with E-state index in [1.54, 1.807) is 56.7 Å². The van der Waals surface area contributed by atoms with Gasteiger partial charge in [0, 0.05) is 11.8 Å². The molecule has 26 heavy (non-hydrogen) atoms. The van der Waals surface area contributed by atoms with E-state index in [0.717, 1.165) is 16.9 Å². The van der Waals surface area contributed by atoms with E-state index in [1.807, 2.05) is 13.0 Å². The highest BCUT2D eigenvalue weighted by atomic mass is 16.5. The summed E-state index contributed by atoms with van der Waals surface area (Å²) in [5.74, 6) is 1.76. The van der Waals surface area contributed by atoms with E-state index in [9.17, 15) is 4.79 Å². The van der Waals surface area contributed by atoms with Crippen LogP contribution in [0.15, 0.2) is 60.7 Å². The SMILES string of the molecule is C=C(C)COc1ccc(NC(=O)/C=C/c2ccc(OC)c(OC)c2)cc1. The Hall–Kier alpha value is -3.21. The molecule has 5 nitrogen and oxygen atoms in total. The smallest absolute Gasteiger partial charge is 0.248 e. The average molecular weight is 353 g/mol. The van der Waals surface area contributed by atoms with Gasteiger partial charge >= 0.3 is 0 Å².